The maximum absolute atomic E-state index is 11.7. The molecule has 20 heavy (non-hydrogen) atoms. The van der Waals surface area contributed by atoms with E-state index in [0.717, 1.165) is 32.1 Å². The number of allylic oxidation sites excluding steroid dienone is 4. The van der Waals surface area contributed by atoms with Crippen molar-refractivity contribution in [1.82, 2.24) is 0 Å². The quantitative estimate of drug-likeness (QED) is 0.460. The molecule has 0 aromatic carbocycles. The van der Waals surface area contributed by atoms with Crippen LogP contribution in [0.5, 0.6) is 0 Å². The third kappa shape index (κ3) is 12.2. The molecule has 116 valence electrons. The number of aliphatic hydroxyl groups excluding tert-OH is 1. The number of ketones is 1. The fraction of sp³-hybridized carbons (Fsp3) is 0.722. The first-order chi connectivity index (χ1) is 9.31. The monoisotopic (exact) mass is 280 g/mol. The topological polar surface area (TPSA) is 37.3 Å². The van der Waals surface area contributed by atoms with Crippen molar-refractivity contribution in [3.8, 4) is 0 Å². The van der Waals surface area contributed by atoms with Crippen molar-refractivity contribution in [2.45, 2.75) is 79.2 Å². The molecule has 0 amide bonds. The van der Waals surface area contributed by atoms with Crippen molar-refractivity contribution in [3.63, 3.8) is 0 Å². The predicted molar refractivity (Wildman–Crippen MR) is 86.7 cm³/mol. The highest BCUT2D eigenvalue weighted by atomic mass is 16.3. The molecule has 2 nitrogen and oxygen atoms in total. The minimum Gasteiger partial charge on any atom is -0.393 e. The van der Waals surface area contributed by atoms with E-state index in [1.165, 1.54) is 11.1 Å². The second-order valence-electron chi connectivity index (χ2n) is 6.39. The summed E-state index contributed by atoms with van der Waals surface area (Å²) in [4.78, 5) is 11.7. The van der Waals surface area contributed by atoms with Gasteiger partial charge in [0.2, 0.25) is 0 Å². The standard InChI is InChI=1S/C18H32O2/c1-14(2)12-18(20)13-16(4)10-6-8-15(3)9-7-11-17(5)19/h9,13-14,17,19H,6-8,10-12H2,1-5H3/b15-9+,16-13-. The smallest absolute Gasteiger partial charge is 0.155 e. The number of hydrogen-bond donors (Lipinski definition) is 1. The summed E-state index contributed by atoms with van der Waals surface area (Å²) in [7, 11) is 0. The van der Waals surface area contributed by atoms with Gasteiger partial charge in [0.15, 0.2) is 5.78 Å². The molecule has 2 heteroatoms. The van der Waals surface area contributed by atoms with Gasteiger partial charge < -0.3 is 5.11 Å². The summed E-state index contributed by atoms with van der Waals surface area (Å²) < 4.78 is 0. The summed E-state index contributed by atoms with van der Waals surface area (Å²) in [5.41, 5.74) is 2.57. The van der Waals surface area contributed by atoms with Crippen LogP contribution in [0.3, 0.4) is 0 Å². The molecule has 0 aromatic heterocycles. The Morgan fingerprint density at radius 2 is 1.70 bits per heavy atom. The van der Waals surface area contributed by atoms with Gasteiger partial charge in [0, 0.05) is 6.42 Å². The lowest BCUT2D eigenvalue weighted by Gasteiger charge is -2.05. The van der Waals surface area contributed by atoms with E-state index in [2.05, 4.69) is 26.8 Å². The Hall–Kier alpha value is -0.890. The molecule has 0 heterocycles. The van der Waals surface area contributed by atoms with E-state index < -0.39 is 0 Å². The van der Waals surface area contributed by atoms with Crippen molar-refractivity contribution < 1.29 is 9.90 Å². The third-order valence-corrected chi connectivity index (χ3v) is 3.24. The Kier molecular flexibility index (Phi) is 10.4. The molecular formula is C18H32O2. The highest BCUT2D eigenvalue weighted by Crippen LogP contribution is 2.14. The molecule has 0 fully saturated rings. The van der Waals surface area contributed by atoms with Crippen LogP contribution < -0.4 is 0 Å². The molecule has 0 saturated heterocycles. The van der Waals surface area contributed by atoms with Crippen molar-refractivity contribution in [1.29, 1.82) is 0 Å². The first kappa shape index (κ1) is 19.1. The Balaban J connectivity index is 3.93. The summed E-state index contributed by atoms with van der Waals surface area (Å²) in [6.45, 7) is 10.2. The molecular weight excluding hydrogens is 248 g/mol. The van der Waals surface area contributed by atoms with Gasteiger partial charge in [-0.1, -0.05) is 31.1 Å². The first-order valence-electron chi connectivity index (χ1n) is 7.85. The second kappa shape index (κ2) is 10.8. The van der Waals surface area contributed by atoms with Gasteiger partial charge in [0.25, 0.3) is 0 Å². The molecule has 0 spiro atoms. The number of aliphatic hydroxyl groups is 1. The Labute approximate surface area is 125 Å². The molecule has 0 aliphatic rings. The maximum atomic E-state index is 11.7. The molecule has 0 bridgehead atoms. The van der Waals surface area contributed by atoms with Gasteiger partial charge in [0.05, 0.1) is 6.10 Å². The SMILES string of the molecule is C/C(=C/C(=O)CC(C)C)CCC/C(C)=C/CCC(C)O. The molecule has 0 aliphatic heterocycles. The zero-order valence-corrected chi connectivity index (χ0v) is 13.9. The molecule has 1 unspecified atom stereocenters. The zero-order valence-electron chi connectivity index (χ0n) is 13.9. The van der Waals surface area contributed by atoms with E-state index in [9.17, 15) is 9.90 Å². The van der Waals surface area contributed by atoms with E-state index in [-0.39, 0.29) is 11.9 Å². The second-order valence-corrected chi connectivity index (χ2v) is 6.39. The zero-order chi connectivity index (χ0) is 15.5. The largest absolute Gasteiger partial charge is 0.393 e. The van der Waals surface area contributed by atoms with E-state index in [0.29, 0.717) is 12.3 Å². The van der Waals surface area contributed by atoms with Gasteiger partial charge in [-0.05, 0) is 64.9 Å². The number of rotatable bonds is 10. The van der Waals surface area contributed by atoms with Gasteiger partial charge in [0.1, 0.15) is 0 Å². The van der Waals surface area contributed by atoms with Crippen LogP contribution in [-0.4, -0.2) is 17.0 Å². The first-order valence-corrected chi connectivity index (χ1v) is 7.85. The van der Waals surface area contributed by atoms with Crippen LogP contribution >= 0.6 is 0 Å². The fourth-order valence-corrected chi connectivity index (χ4v) is 2.13. The van der Waals surface area contributed by atoms with E-state index in [1.54, 1.807) is 0 Å². The van der Waals surface area contributed by atoms with Crippen LogP contribution in [-0.2, 0) is 4.79 Å². The van der Waals surface area contributed by atoms with Crippen LogP contribution in [0.1, 0.15) is 73.1 Å². The van der Waals surface area contributed by atoms with E-state index >= 15 is 0 Å². The molecule has 1 N–H and O–H groups in total. The highest BCUT2D eigenvalue weighted by Gasteiger charge is 2.02. The van der Waals surface area contributed by atoms with Crippen LogP contribution in [0.25, 0.3) is 0 Å². The molecule has 0 aromatic rings. The number of carbonyl (C=O) groups is 1. The van der Waals surface area contributed by atoms with Gasteiger partial charge in [-0.15, -0.1) is 0 Å². The van der Waals surface area contributed by atoms with Crippen molar-refractivity contribution in [3.05, 3.63) is 23.3 Å². The van der Waals surface area contributed by atoms with Gasteiger partial charge >= 0.3 is 0 Å². The minimum absolute atomic E-state index is 0.212. The summed E-state index contributed by atoms with van der Waals surface area (Å²) in [6, 6.07) is 0. The van der Waals surface area contributed by atoms with Gasteiger partial charge in [-0.2, -0.15) is 0 Å². The normalized spacial score (nSPS) is 14.8. The summed E-state index contributed by atoms with van der Waals surface area (Å²) in [5, 5.41) is 9.19. The maximum Gasteiger partial charge on any atom is 0.155 e. The summed E-state index contributed by atoms with van der Waals surface area (Å²) in [6.07, 6.45) is 9.41. The molecule has 0 saturated carbocycles. The Bertz CT molecular complexity index is 335. The van der Waals surface area contributed by atoms with Crippen LogP contribution in [0.4, 0.5) is 0 Å². The van der Waals surface area contributed by atoms with Gasteiger partial charge in [-0.25, -0.2) is 0 Å². The lowest BCUT2D eigenvalue weighted by Crippen LogP contribution is -1.99. The molecule has 1 atom stereocenters. The Morgan fingerprint density at radius 3 is 2.25 bits per heavy atom. The molecule has 0 aliphatic carbocycles. The van der Waals surface area contributed by atoms with Crippen LogP contribution in [0, 0.1) is 5.92 Å². The van der Waals surface area contributed by atoms with Crippen molar-refractivity contribution >= 4 is 5.78 Å². The highest BCUT2D eigenvalue weighted by molar-refractivity contribution is 5.90. The molecule has 0 radical (unpaired) electrons. The summed E-state index contributed by atoms with van der Waals surface area (Å²) >= 11 is 0. The number of carbonyl (C=O) groups excluding carboxylic acids is 1. The predicted octanol–water partition coefficient (Wildman–Crippen LogP) is 4.83. The van der Waals surface area contributed by atoms with Crippen LogP contribution in [0.15, 0.2) is 23.3 Å². The lowest BCUT2D eigenvalue weighted by molar-refractivity contribution is -0.115. The number of hydrogen-bond acceptors (Lipinski definition) is 2. The third-order valence-electron chi connectivity index (χ3n) is 3.24. The average Bonchev–Trinajstić information content (AvgIpc) is 2.26. The van der Waals surface area contributed by atoms with E-state index in [4.69, 9.17) is 0 Å². The average molecular weight is 280 g/mol. The molecule has 0 rings (SSSR count). The lowest BCUT2D eigenvalue weighted by atomic mass is 10.0. The van der Waals surface area contributed by atoms with Crippen molar-refractivity contribution in [2.24, 2.45) is 5.92 Å². The minimum atomic E-state index is -0.212. The van der Waals surface area contributed by atoms with Crippen LogP contribution in [0.2, 0.25) is 0 Å². The van der Waals surface area contributed by atoms with E-state index in [1.807, 2.05) is 19.9 Å². The Morgan fingerprint density at radius 1 is 1.10 bits per heavy atom. The fourth-order valence-electron chi connectivity index (χ4n) is 2.13. The van der Waals surface area contributed by atoms with Crippen molar-refractivity contribution in [2.75, 3.05) is 0 Å². The van der Waals surface area contributed by atoms with Gasteiger partial charge in [-0.3, -0.25) is 4.79 Å². The summed E-state index contributed by atoms with van der Waals surface area (Å²) in [5.74, 6) is 0.687.